The smallest absolute Gasteiger partial charge is 0.0183 e. The fourth-order valence-electron chi connectivity index (χ4n) is 4.73. The van der Waals surface area contributed by atoms with Crippen molar-refractivity contribution < 1.29 is 0 Å². The minimum Gasteiger partial charge on any atom is -0.325 e. The summed E-state index contributed by atoms with van der Waals surface area (Å²) >= 11 is 0. The zero-order valence-electron chi connectivity index (χ0n) is 12.1. The monoisotopic (exact) mass is 247 g/mol. The van der Waals surface area contributed by atoms with E-state index in [-0.39, 0.29) is 5.54 Å². The van der Waals surface area contributed by atoms with Gasteiger partial charge in [-0.3, -0.25) is 0 Å². The first kappa shape index (κ1) is 12.7. The van der Waals surface area contributed by atoms with E-state index in [1.54, 1.807) is 0 Å². The quantitative estimate of drug-likeness (QED) is 0.743. The van der Waals surface area contributed by atoms with E-state index in [2.05, 4.69) is 26.0 Å². The van der Waals surface area contributed by atoms with Gasteiger partial charge in [-0.1, -0.05) is 32.4 Å². The Morgan fingerprint density at radius 2 is 2.00 bits per heavy atom. The predicted molar refractivity (Wildman–Crippen MR) is 77.2 cm³/mol. The van der Waals surface area contributed by atoms with E-state index in [1.165, 1.54) is 44.9 Å². The first-order valence-electron chi connectivity index (χ1n) is 8.06. The molecule has 0 heterocycles. The van der Waals surface area contributed by atoms with Crippen molar-refractivity contribution in [1.29, 1.82) is 0 Å². The second kappa shape index (κ2) is 4.67. The predicted octanol–water partition coefficient (Wildman–Crippen LogP) is 4.13. The van der Waals surface area contributed by atoms with E-state index in [9.17, 15) is 0 Å². The van der Waals surface area contributed by atoms with Gasteiger partial charge in [0.15, 0.2) is 0 Å². The van der Waals surface area contributed by atoms with Crippen LogP contribution in [0.1, 0.15) is 58.8 Å². The van der Waals surface area contributed by atoms with Crippen molar-refractivity contribution in [2.75, 3.05) is 0 Å². The molecule has 2 saturated carbocycles. The maximum Gasteiger partial charge on any atom is 0.0183 e. The van der Waals surface area contributed by atoms with Crippen molar-refractivity contribution >= 4 is 0 Å². The van der Waals surface area contributed by atoms with Gasteiger partial charge in [0.1, 0.15) is 0 Å². The molecule has 3 aliphatic rings. The van der Waals surface area contributed by atoms with Crippen LogP contribution in [0.15, 0.2) is 12.2 Å². The molecule has 1 nitrogen and oxygen atoms in total. The van der Waals surface area contributed by atoms with Crippen molar-refractivity contribution in [1.82, 2.24) is 0 Å². The second-order valence-corrected chi connectivity index (χ2v) is 7.46. The molecule has 5 atom stereocenters. The van der Waals surface area contributed by atoms with Gasteiger partial charge in [0.2, 0.25) is 0 Å². The van der Waals surface area contributed by atoms with E-state index < -0.39 is 0 Å². The number of hydrogen-bond donors (Lipinski definition) is 1. The lowest BCUT2D eigenvalue weighted by Gasteiger charge is -2.50. The fourth-order valence-corrected chi connectivity index (χ4v) is 4.73. The summed E-state index contributed by atoms with van der Waals surface area (Å²) in [5.74, 6) is 4.33. The number of allylic oxidation sites excluding steroid dienone is 2. The lowest BCUT2D eigenvalue weighted by molar-refractivity contribution is 0.0570. The molecule has 0 amide bonds. The number of rotatable bonds is 4. The van der Waals surface area contributed by atoms with Crippen LogP contribution in [0.3, 0.4) is 0 Å². The Balaban J connectivity index is 1.75. The van der Waals surface area contributed by atoms with Gasteiger partial charge in [-0.2, -0.15) is 0 Å². The first-order valence-corrected chi connectivity index (χ1v) is 8.06. The number of hydrogen-bond acceptors (Lipinski definition) is 1. The van der Waals surface area contributed by atoms with Crippen molar-refractivity contribution in [3.8, 4) is 0 Å². The van der Waals surface area contributed by atoms with Gasteiger partial charge < -0.3 is 5.73 Å². The van der Waals surface area contributed by atoms with Gasteiger partial charge in [-0.05, 0) is 68.1 Å². The summed E-state index contributed by atoms with van der Waals surface area (Å²) in [6, 6.07) is 0. The molecule has 1 heteroatoms. The van der Waals surface area contributed by atoms with Crippen LogP contribution in [0.2, 0.25) is 0 Å². The molecule has 3 aliphatic carbocycles. The van der Waals surface area contributed by atoms with E-state index >= 15 is 0 Å². The minimum atomic E-state index is 0.180. The van der Waals surface area contributed by atoms with Gasteiger partial charge in [0.25, 0.3) is 0 Å². The Hall–Kier alpha value is -0.300. The van der Waals surface area contributed by atoms with E-state index in [0.717, 1.165) is 29.6 Å². The van der Waals surface area contributed by atoms with Crippen LogP contribution >= 0.6 is 0 Å². The van der Waals surface area contributed by atoms with Crippen molar-refractivity contribution in [3.63, 3.8) is 0 Å². The summed E-state index contributed by atoms with van der Waals surface area (Å²) in [5.41, 5.74) is 6.82. The Kier molecular flexibility index (Phi) is 3.30. The molecule has 0 aromatic carbocycles. The maximum atomic E-state index is 6.64. The zero-order chi connectivity index (χ0) is 12.8. The molecule has 0 aromatic heterocycles. The highest BCUT2D eigenvalue weighted by atomic mass is 14.8. The van der Waals surface area contributed by atoms with Crippen LogP contribution in [0.25, 0.3) is 0 Å². The topological polar surface area (TPSA) is 26.0 Å². The molecule has 0 bridgehead atoms. The SMILES string of the molecule is CC1CCC(C(C2C=CC2)C(C)C2(N)CCC2)C1. The van der Waals surface area contributed by atoms with Gasteiger partial charge in [-0.25, -0.2) is 0 Å². The van der Waals surface area contributed by atoms with Crippen LogP contribution < -0.4 is 5.73 Å². The third-order valence-electron chi connectivity index (χ3n) is 6.33. The molecule has 18 heavy (non-hydrogen) atoms. The average molecular weight is 247 g/mol. The molecule has 2 N–H and O–H groups in total. The lowest BCUT2D eigenvalue weighted by atomic mass is 9.58. The largest absolute Gasteiger partial charge is 0.325 e. The van der Waals surface area contributed by atoms with E-state index in [0.29, 0.717) is 0 Å². The first-order chi connectivity index (χ1) is 8.60. The number of nitrogens with two attached hydrogens (primary N) is 1. The van der Waals surface area contributed by atoms with Crippen LogP contribution in [0.4, 0.5) is 0 Å². The van der Waals surface area contributed by atoms with Crippen molar-refractivity contribution in [2.24, 2.45) is 35.3 Å². The van der Waals surface area contributed by atoms with Gasteiger partial charge >= 0.3 is 0 Å². The summed E-state index contributed by atoms with van der Waals surface area (Å²) in [4.78, 5) is 0. The Bertz CT molecular complexity index is 329. The van der Waals surface area contributed by atoms with Gasteiger partial charge in [0.05, 0.1) is 0 Å². The second-order valence-electron chi connectivity index (χ2n) is 7.46. The van der Waals surface area contributed by atoms with E-state index in [4.69, 9.17) is 5.73 Å². The third-order valence-corrected chi connectivity index (χ3v) is 6.33. The summed E-state index contributed by atoms with van der Waals surface area (Å²) in [6.07, 6.45) is 14.4. The summed E-state index contributed by atoms with van der Waals surface area (Å²) < 4.78 is 0. The molecule has 102 valence electrons. The van der Waals surface area contributed by atoms with Crippen LogP contribution in [-0.2, 0) is 0 Å². The highest BCUT2D eigenvalue weighted by Gasteiger charge is 2.47. The summed E-state index contributed by atoms with van der Waals surface area (Å²) in [5, 5.41) is 0. The standard InChI is InChI=1S/C17H29N/c1-12-7-8-15(11-12)16(14-5-3-6-14)13(2)17(18)9-4-10-17/h3,5,12-16H,4,6-11,18H2,1-2H3. The van der Waals surface area contributed by atoms with Crippen LogP contribution in [-0.4, -0.2) is 5.54 Å². The summed E-state index contributed by atoms with van der Waals surface area (Å²) in [7, 11) is 0. The Morgan fingerprint density at radius 1 is 1.28 bits per heavy atom. The molecule has 2 fully saturated rings. The summed E-state index contributed by atoms with van der Waals surface area (Å²) in [6.45, 7) is 4.89. The van der Waals surface area contributed by atoms with Gasteiger partial charge in [-0.15, -0.1) is 0 Å². The Morgan fingerprint density at radius 3 is 2.39 bits per heavy atom. The molecule has 0 saturated heterocycles. The highest BCUT2D eigenvalue weighted by molar-refractivity contribution is 5.10. The molecule has 3 rings (SSSR count). The van der Waals surface area contributed by atoms with Crippen LogP contribution in [0.5, 0.6) is 0 Å². The average Bonchev–Trinajstić information content (AvgIpc) is 2.65. The molecule has 0 aromatic rings. The maximum absolute atomic E-state index is 6.64. The van der Waals surface area contributed by atoms with Crippen LogP contribution in [0, 0.1) is 29.6 Å². The Labute approximate surface area is 112 Å². The van der Waals surface area contributed by atoms with E-state index in [1.807, 2.05) is 0 Å². The molecular formula is C17H29N. The minimum absolute atomic E-state index is 0.180. The zero-order valence-corrected chi connectivity index (χ0v) is 12.1. The molecule has 0 spiro atoms. The molecule has 0 aliphatic heterocycles. The molecule has 5 unspecified atom stereocenters. The lowest BCUT2D eigenvalue weighted by Crippen LogP contribution is -2.56. The highest BCUT2D eigenvalue weighted by Crippen LogP contribution is 2.50. The fraction of sp³-hybridized carbons (Fsp3) is 0.882. The third kappa shape index (κ3) is 2.05. The van der Waals surface area contributed by atoms with Crippen molar-refractivity contribution in [3.05, 3.63) is 12.2 Å². The van der Waals surface area contributed by atoms with Gasteiger partial charge in [0, 0.05) is 5.54 Å². The normalized spacial score (nSPS) is 40.9. The molecular weight excluding hydrogens is 218 g/mol. The molecule has 0 radical (unpaired) electrons. The van der Waals surface area contributed by atoms with Crippen molar-refractivity contribution in [2.45, 2.75) is 64.3 Å².